The number of hydrogen-bond acceptors (Lipinski definition) is 13. The first-order chi connectivity index (χ1) is 21.4. The van der Waals surface area contributed by atoms with Crippen LogP contribution < -0.4 is 20.3 Å². The van der Waals surface area contributed by atoms with E-state index >= 15 is 0 Å². The van der Waals surface area contributed by atoms with Gasteiger partial charge in [0.05, 0.1) is 43.0 Å². The first-order valence-corrected chi connectivity index (χ1v) is 14.4. The van der Waals surface area contributed by atoms with Crippen LogP contribution in [-0.4, -0.2) is 79.0 Å². The molecular formula is C28H32N10O6. The number of nitrogens with zero attached hydrogens (tertiary/aromatic N) is 8. The molecule has 16 heteroatoms. The van der Waals surface area contributed by atoms with Crippen molar-refractivity contribution in [2.75, 3.05) is 41.8 Å². The summed E-state index contributed by atoms with van der Waals surface area (Å²) in [5.41, 5.74) is 1.44. The molecule has 4 aromatic rings. The van der Waals surface area contributed by atoms with Gasteiger partial charge in [-0.1, -0.05) is 4.98 Å². The Morgan fingerprint density at radius 3 is 2.59 bits per heavy atom. The molecule has 16 nitrogen and oxygen atoms in total. The third-order valence-corrected chi connectivity index (χ3v) is 7.64. The Morgan fingerprint density at radius 2 is 1.86 bits per heavy atom. The number of carbonyl (C=O) groups is 1. The van der Waals surface area contributed by atoms with Gasteiger partial charge in [-0.3, -0.25) is 10.3 Å². The molecule has 0 aromatic carbocycles. The highest BCUT2D eigenvalue weighted by atomic mass is 16.6. The highest BCUT2D eigenvalue weighted by Crippen LogP contribution is 2.33. The van der Waals surface area contributed by atoms with Crippen LogP contribution >= 0.6 is 0 Å². The standard InChI is InChI=1S/C28H32N10O6/c1-36-20(16-32-27(36)38(40)41)17-43-28(39)34-19-13-22-23(31-15-19)14-24(37-9-11-42-12-10-37)35-25(22)44-21-5-3-18(4-6-21)33-26-29-7-2-8-30-26/h2,7-8,13-16,18,21H,3-6,9-12,17H2,1H3,(H,34,39)(H,29,30,33). The lowest BCUT2D eigenvalue weighted by atomic mass is 9.93. The Kier molecular flexibility index (Phi) is 8.58. The smallest absolute Gasteiger partial charge is 0.434 e. The maximum atomic E-state index is 12.6. The highest BCUT2D eigenvalue weighted by molar-refractivity contribution is 5.92. The van der Waals surface area contributed by atoms with Gasteiger partial charge in [0.25, 0.3) is 0 Å². The molecule has 230 valence electrons. The Morgan fingerprint density at radius 1 is 1.09 bits per heavy atom. The van der Waals surface area contributed by atoms with Crippen molar-refractivity contribution in [2.45, 2.75) is 44.4 Å². The van der Waals surface area contributed by atoms with Crippen LogP contribution in [0.1, 0.15) is 31.4 Å². The fourth-order valence-corrected chi connectivity index (χ4v) is 5.26. The SMILES string of the molecule is Cn1c(COC(=O)Nc2cnc3cc(N4CCOCC4)nc(OC4CCC(Nc5ncccn5)CC4)c3c2)cnc1[N+](=O)[O-]. The number of aromatic nitrogens is 6. The zero-order valence-corrected chi connectivity index (χ0v) is 24.1. The van der Waals surface area contributed by atoms with Crippen molar-refractivity contribution in [1.82, 2.24) is 29.5 Å². The fourth-order valence-electron chi connectivity index (χ4n) is 5.26. The summed E-state index contributed by atoms with van der Waals surface area (Å²) in [6.07, 6.45) is 8.88. The maximum Gasteiger partial charge on any atom is 0.434 e. The van der Waals surface area contributed by atoms with Gasteiger partial charge in [0.15, 0.2) is 12.3 Å². The number of nitrogens with one attached hydrogen (secondary N) is 2. The van der Waals surface area contributed by atoms with Crippen molar-refractivity contribution >= 4 is 40.4 Å². The van der Waals surface area contributed by atoms with E-state index in [2.05, 4.69) is 35.5 Å². The molecule has 0 bridgehead atoms. The van der Waals surface area contributed by atoms with Crippen LogP contribution in [0.4, 0.5) is 28.2 Å². The van der Waals surface area contributed by atoms with E-state index in [1.165, 1.54) is 24.0 Å². The number of carbonyl (C=O) groups excluding carboxylic acids is 1. The van der Waals surface area contributed by atoms with Gasteiger partial charge >= 0.3 is 12.0 Å². The number of pyridine rings is 2. The predicted molar refractivity (Wildman–Crippen MR) is 159 cm³/mol. The average molecular weight is 605 g/mol. The molecule has 1 aliphatic heterocycles. The third-order valence-electron chi connectivity index (χ3n) is 7.64. The minimum Gasteiger partial charge on any atom is -0.474 e. The normalized spacial score (nSPS) is 18.5. The quantitative estimate of drug-likeness (QED) is 0.209. The van der Waals surface area contributed by atoms with Crippen LogP contribution in [0.3, 0.4) is 0 Å². The van der Waals surface area contributed by atoms with Gasteiger partial charge in [-0.05, 0) is 42.7 Å². The number of morpholine rings is 1. The largest absolute Gasteiger partial charge is 0.474 e. The zero-order chi connectivity index (χ0) is 30.5. The summed E-state index contributed by atoms with van der Waals surface area (Å²) >= 11 is 0. The minimum absolute atomic E-state index is 0.0510. The number of rotatable bonds is 9. The molecule has 44 heavy (non-hydrogen) atoms. The number of amides is 1. The lowest BCUT2D eigenvalue weighted by molar-refractivity contribution is -0.396. The fraction of sp³-hybridized carbons (Fsp3) is 0.429. The highest BCUT2D eigenvalue weighted by Gasteiger charge is 2.25. The van der Waals surface area contributed by atoms with Gasteiger partial charge in [-0.25, -0.2) is 19.3 Å². The molecule has 5 heterocycles. The molecule has 6 rings (SSSR count). The van der Waals surface area contributed by atoms with Gasteiger partial charge in [-0.2, -0.15) is 4.98 Å². The van der Waals surface area contributed by atoms with Crippen molar-refractivity contribution < 1.29 is 23.9 Å². The number of hydrogen-bond donors (Lipinski definition) is 2. The van der Waals surface area contributed by atoms with Crippen molar-refractivity contribution in [3.05, 3.63) is 58.8 Å². The molecule has 1 saturated heterocycles. The predicted octanol–water partition coefficient (Wildman–Crippen LogP) is 3.45. The molecule has 0 radical (unpaired) electrons. The topological polar surface area (TPSA) is 185 Å². The molecule has 4 aromatic heterocycles. The van der Waals surface area contributed by atoms with Crippen LogP contribution in [0, 0.1) is 10.1 Å². The van der Waals surface area contributed by atoms with Crippen LogP contribution in [0.25, 0.3) is 10.9 Å². The van der Waals surface area contributed by atoms with Gasteiger partial charge in [0, 0.05) is 37.6 Å². The van der Waals surface area contributed by atoms with Gasteiger partial charge in [0.2, 0.25) is 11.8 Å². The molecule has 2 N–H and O–H groups in total. The maximum absolute atomic E-state index is 12.6. The van der Waals surface area contributed by atoms with Gasteiger partial charge in [-0.15, -0.1) is 0 Å². The van der Waals surface area contributed by atoms with Gasteiger partial charge in [0.1, 0.15) is 18.1 Å². The summed E-state index contributed by atoms with van der Waals surface area (Å²) in [6.45, 7) is 2.45. The lowest BCUT2D eigenvalue weighted by Crippen LogP contribution is -2.37. The Bertz CT molecular complexity index is 1620. The van der Waals surface area contributed by atoms with E-state index in [0.29, 0.717) is 60.4 Å². The van der Waals surface area contributed by atoms with Crippen molar-refractivity contribution in [1.29, 1.82) is 0 Å². The van der Waals surface area contributed by atoms with Crippen LogP contribution in [0.2, 0.25) is 0 Å². The van der Waals surface area contributed by atoms with Crippen LogP contribution in [0.15, 0.2) is 43.0 Å². The summed E-state index contributed by atoms with van der Waals surface area (Å²) < 4.78 is 18.6. The number of ether oxygens (including phenoxy) is 3. The summed E-state index contributed by atoms with van der Waals surface area (Å²) in [6, 6.07) is 5.70. The van der Waals surface area contributed by atoms with E-state index in [0.717, 1.165) is 31.5 Å². The number of imidazole rings is 1. The van der Waals surface area contributed by atoms with E-state index in [1.807, 2.05) is 6.07 Å². The molecular weight excluding hydrogens is 572 g/mol. The molecule has 2 aliphatic rings. The third kappa shape index (κ3) is 6.75. The van der Waals surface area contributed by atoms with Crippen molar-refractivity contribution in [3.8, 4) is 5.88 Å². The first kappa shape index (κ1) is 29.0. The van der Waals surface area contributed by atoms with Crippen molar-refractivity contribution in [2.24, 2.45) is 7.05 Å². The number of anilines is 3. The molecule has 1 saturated carbocycles. The monoisotopic (exact) mass is 604 g/mol. The molecule has 0 spiro atoms. The summed E-state index contributed by atoms with van der Waals surface area (Å²) in [5, 5.41) is 17.8. The lowest BCUT2D eigenvalue weighted by Gasteiger charge is -2.31. The molecule has 1 aliphatic carbocycles. The summed E-state index contributed by atoms with van der Waals surface area (Å²) in [7, 11) is 1.48. The Balaban J connectivity index is 1.16. The number of nitro groups is 1. The van der Waals surface area contributed by atoms with E-state index < -0.39 is 11.0 Å². The van der Waals surface area contributed by atoms with E-state index in [4.69, 9.17) is 19.2 Å². The first-order valence-electron chi connectivity index (χ1n) is 14.4. The zero-order valence-electron chi connectivity index (χ0n) is 24.1. The van der Waals surface area contributed by atoms with E-state index in [-0.39, 0.29) is 24.7 Å². The van der Waals surface area contributed by atoms with Crippen molar-refractivity contribution in [3.63, 3.8) is 0 Å². The van der Waals surface area contributed by atoms with E-state index in [1.54, 1.807) is 24.5 Å². The molecule has 2 fully saturated rings. The Labute approximate surface area is 251 Å². The molecule has 0 atom stereocenters. The second-order valence-corrected chi connectivity index (χ2v) is 10.6. The number of fused-ring (bicyclic) bond motifs is 1. The molecule has 0 unspecified atom stereocenters. The second-order valence-electron chi connectivity index (χ2n) is 10.6. The average Bonchev–Trinajstić information content (AvgIpc) is 3.42. The molecule has 1 amide bonds. The Hall–Kier alpha value is -5.12. The second kappa shape index (κ2) is 13.0. The van der Waals surface area contributed by atoms with Gasteiger partial charge < -0.3 is 34.5 Å². The van der Waals surface area contributed by atoms with Crippen LogP contribution in [0.5, 0.6) is 5.88 Å². The summed E-state index contributed by atoms with van der Waals surface area (Å²) in [4.78, 5) is 46.9. The summed E-state index contributed by atoms with van der Waals surface area (Å²) in [5.74, 6) is 1.48. The van der Waals surface area contributed by atoms with E-state index in [9.17, 15) is 14.9 Å². The minimum atomic E-state index is -0.747. The van der Waals surface area contributed by atoms with Crippen LogP contribution in [-0.2, 0) is 23.1 Å².